The fourth-order valence-electron chi connectivity index (χ4n) is 1.57. The van der Waals surface area contributed by atoms with E-state index in [0.717, 1.165) is 24.2 Å². The summed E-state index contributed by atoms with van der Waals surface area (Å²) in [6.45, 7) is 0.937. The maximum atomic E-state index is 11.5. The average molecular weight is 252 g/mol. The number of esters is 1. The zero-order valence-corrected chi connectivity index (χ0v) is 11.0. The van der Waals surface area contributed by atoms with Crippen molar-refractivity contribution in [3.63, 3.8) is 0 Å². The minimum Gasteiger partial charge on any atom is -0.496 e. The second-order valence-corrected chi connectivity index (χ2v) is 3.92. The first-order chi connectivity index (χ1) is 8.77. The lowest BCUT2D eigenvalue weighted by Crippen LogP contribution is -2.05. The highest BCUT2D eigenvalue weighted by atomic mass is 16.5. The summed E-state index contributed by atoms with van der Waals surface area (Å²) in [5.41, 5.74) is 0.880. The Morgan fingerprint density at radius 3 is 2.67 bits per heavy atom. The molecule has 0 saturated heterocycles. The van der Waals surface area contributed by atoms with Crippen LogP contribution in [0, 0.1) is 0 Å². The molecule has 0 amide bonds. The number of hydrogen-bond acceptors (Lipinski definition) is 4. The summed E-state index contributed by atoms with van der Waals surface area (Å²) < 4.78 is 15.3. The molecule has 0 spiro atoms. The average Bonchev–Trinajstić information content (AvgIpc) is 2.41. The number of para-hydroxylation sites is 1. The van der Waals surface area contributed by atoms with Gasteiger partial charge in [0.2, 0.25) is 0 Å². The number of carbonyl (C=O) groups excluding carboxylic acids is 1. The van der Waals surface area contributed by atoms with Crippen LogP contribution in [-0.2, 0) is 20.9 Å². The molecule has 18 heavy (non-hydrogen) atoms. The van der Waals surface area contributed by atoms with Gasteiger partial charge in [0.1, 0.15) is 12.4 Å². The fraction of sp³-hybridized carbons (Fsp3) is 0.500. The van der Waals surface area contributed by atoms with Crippen LogP contribution in [0.15, 0.2) is 24.3 Å². The van der Waals surface area contributed by atoms with Crippen molar-refractivity contribution in [1.82, 2.24) is 0 Å². The molecule has 0 aliphatic heterocycles. The van der Waals surface area contributed by atoms with E-state index in [1.807, 2.05) is 24.3 Å². The van der Waals surface area contributed by atoms with Crippen molar-refractivity contribution in [2.45, 2.75) is 25.9 Å². The zero-order chi connectivity index (χ0) is 13.2. The molecule has 1 rings (SSSR count). The van der Waals surface area contributed by atoms with E-state index in [9.17, 15) is 4.79 Å². The molecule has 0 unspecified atom stereocenters. The third-order valence-corrected chi connectivity index (χ3v) is 2.56. The third kappa shape index (κ3) is 5.19. The van der Waals surface area contributed by atoms with Crippen molar-refractivity contribution in [3.8, 4) is 5.75 Å². The van der Waals surface area contributed by atoms with Crippen LogP contribution in [0.3, 0.4) is 0 Å². The SMILES string of the molecule is COCCCCC(=O)OCc1ccccc1OC. The van der Waals surface area contributed by atoms with E-state index in [4.69, 9.17) is 14.2 Å². The molecule has 0 radical (unpaired) electrons. The zero-order valence-electron chi connectivity index (χ0n) is 11.0. The van der Waals surface area contributed by atoms with Crippen LogP contribution in [0.2, 0.25) is 0 Å². The maximum Gasteiger partial charge on any atom is 0.306 e. The van der Waals surface area contributed by atoms with Gasteiger partial charge in [-0.15, -0.1) is 0 Å². The second-order valence-electron chi connectivity index (χ2n) is 3.92. The first-order valence-electron chi connectivity index (χ1n) is 6.04. The molecule has 0 saturated carbocycles. The van der Waals surface area contributed by atoms with Crippen molar-refractivity contribution < 1.29 is 19.0 Å². The van der Waals surface area contributed by atoms with E-state index in [1.165, 1.54) is 0 Å². The summed E-state index contributed by atoms with van der Waals surface area (Å²) >= 11 is 0. The van der Waals surface area contributed by atoms with E-state index >= 15 is 0 Å². The molecule has 0 N–H and O–H groups in total. The third-order valence-electron chi connectivity index (χ3n) is 2.56. The van der Waals surface area contributed by atoms with Crippen LogP contribution >= 0.6 is 0 Å². The van der Waals surface area contributed by atoms with Gasteiger partial charge >= 0.3 is 5.97 Å². The van der Waals surface area contributed by atoms with E-state index in [2.05, 4.69) is 0 Å². The van der Waals surface area contributed by atoms with Gasteiger partial charge in [0.25, 0.3) is 0 Å². The fourth-order valence-corrected chi connectivity index (χ4v) is 1.57. The van der Waals surface area contributed by atoms with Crippen molar-refractivity contribution >= 4 is 5.97 Å². The van der Waals surface area contributed by atoms with Gasteiger partial charge in [-0.1, -0.05) is 18.2 Å². The minimum atomic E-state index is -0.183. The number of unbranched alkanes of at least 4 members (excludes halogenated alkanes) is 1. The Balaban J connectivity index is 2.29. The molecule has 0 fully saturated rings. The molecule has 0 atom stereocenters. The number of rotatable bonds is 8. The van der Waals surface area contributed by atoms with Gasteiger partial charge in [0.15, 0.2) is 0 Å². The Labute approximate surface area is 108 Å². The van der Waals surface area contributed by atoms with Gasteiger partial charge in [-0.25, -0.2) is 0 Å². The Morgan fingerprint density at radius 2 is 1.94 bits per heavy atom. The van der Waals surface area contributed by atoms with Gasteiger partial charge < -0.3 is 14.2 Å². The molecule has 0 aliphatic carbocycles. The topological polar surface area (TPSA) is 44.8 Å². The summed E-state index contributed by atoms with van der Waals surface area (Å²) in [5, 5.41) is 0. The lowest BCUT2D eigenvalue weighted by Gasteiger charge is -2.08. The van der Waals surface area contributed by atoms with Crippen LogP contribution in [0.1, 0.15) is 24.8 Å². The van der Waals surface area contributed by atoms with E-state index < -0.39 is 0 Å². The molecular formula is C14H20O4. The number of carbonyl (C=O) groups is 1. The van der Waals surface area contributed by atoms with Crippen LogP contribution < -0.4 is 4.74 Å². The number of ether oxygens (including phenoxy) is 3. The lowest BCUT2D eigenvalue weighted by molar-refractivity contribution is -0.145. The normalized spacial score (nSPS) is 10.1. The molecular weight excluding hydrogens is 232 g/mol. The summed E-state index contributed by atoms with van der Waals surface area (Å²) in [7, 11) is 3.26. The Morgan fingerprint density at radius 1 is 1.17 bits per heavy atom. The Hall–Kier alpha value is -1.55. The number of methoxy groups -OCH3 is 2. The van der Waals surface area contributed by atoms with Crippen LogP contribution in [-0.4, -0.2) is 26.8 Å². The highest BCUT2D eigenvalue weighted by Crippen LogP contribution is 2.18. The molecule has 4 nitrogen and oxygen atoms in total. The van der Waals surface area contributed by atoms with E-state index in [1.54, 1.807) is 14.2 Å². The van der Waals surface area contributed by atoms with Crippen molar-refractivity contribution in [2.75, 3.05) is 20.8 Å². The van der Waals surface area contributed by atoms with Crippen LogP contribution in [0.25, 0.3) is 0 Å². The van der Waals surface area contributed by atoms with Gasteiger partial charge in [-0.2, -0.15) is 0 Å². The second kappa shape index (κ2) is 8.53. The standard InChI is InChI=1S/C14H20O4/c1-16-10-6-5-9-14(15)18-11-12-7-3-4-8-13(12)17-2/h3-4,7-8H,5-6,9-11H2,1-2H3. The Bertz CT molecular complexity index is 363. The summed E-state index contributed by atoms with van der Waals surface area (Å²) in [6, 6.07) is 7.51. The molecule has 1 aromatic carbocycles. The van der Waals surface area contributed by atoms with Gasteiger partial charge in [-0.05, 0) is 18.9 Å². The van der Waals surface area contributed by atoms with Crippen molar-refractivity contribution in [3.05, 3.63) is 29.8 Å². The summed E-state index contributed by atoms with van der Waals surface area (Å²) in [4.78, 5) is 11.5. The number of hydrogen-bond donors (Lipinski definition) is 0. The highest BCUT2D eigenvalue weighted by Gasteiger charge is 2.06. The molecule has 4 heteroatoms. The van der Waals surface area contributed by atoms with Gasteiger partial charge in [0.05, 0.1) is 7.11 Å². The van der Waals surface area contributed by atoms with Gasteiger partial charge in [-0.3, -0.25) is 4.79 Å². The molecule has 100 valence electrons. The first-order valence-corrected chi connectivity index (χ1v) is 6.04. The van der Waals surface area contributed by atoms with Gasteiger partial charge in [0, 0.05) is 25.7 Å². The smallest absolute Gasteiger partial charge is 0.306 e. The predicted molar refractivity (Wildman–Crippen MR) is 68.5 cm³/mol. The van der Waals surface area contributed by atoms with Crippen LogP contribution in [0.5, 0.6) is 5.75 Å². The highest BCUT2D eigenvalue weighted by molar-refractivity contribution is 5.69. The molecule has 0 aliphatic rings. The molecule has 1 aromatic rings. The molecule has 0 aromatic heterocycles. The van der Waals surface area contributed by atoms with Crippen molar-refractivity contribution in [1.29, 1.82) is 0 Å². The van der Waals surface area contributed by atoms with E-state index in [0.29, 0.717) is 13.0 Å². The first kappa shape index (κ1) is 14.5. The predicted octanol–water partition coefficient (Wildman–Crippen LogP) is 2.56. The quantitative estimate of drug-likeness (QED) is 0.527. The molecule has 0 bridgehead atoms. The summed E-state index contributed by atoms with van der Waals surface area (Å²) in [6.07, 6.45) is 2.09. The number of benzene rings is 1. The lowest BCUT2D eigenvalue weighted by atomic mass is 10.2. The summed E-state index contributed by atoms with van der Waals surface area (Å²) in [5.74, 6) is 0.557. The minimum absolute atomic E-state index is 0.183. The van der Waals surface area contributed by atoms with Crippen molar-refractivity contribution in [2.24, 2.45) is 0 Å². The van der Waals surface area contributed by atoms with E-state index in [-0.39, 0.29) is 12.6 Å². The van der Waals surface area contributed by atoms with Crippen LogP contribution in [0.4, 0.5) is 0 Å². The molecule has 0 heterocycles. The maximum absolute atomic E-state index is 11.5. The monoisotopic (exact) mass is 252 g/mol. The largest absolute Gasteiger partial charge is 0.496 e. The Kier molecular flexibility index (Phi) is 6.87.